The Hall–Kier alpha value is -0.560. The van der Waals surface area contributed by atoms with Gasteiger partial charge in [-0.3, -0.25) is 0 Å². The first-order valence-corrected chi connectivity index (χ1v) is 5.59. The summed E-state index contributed by atoms with van der Waals surface area (Å²) in [5.74, 6) is 0.321. The van der Waals surface area contributed by atoms with Gasteiger partial charge in [0, 0.05) is 5.38 Å². The second-order valence-electron chi connectivity index (χ2n) is 4.02. The number of benzene rings is 1. The zero-order valence-electron chi connectivity index (χ0n) is 8.05. The van der Waals surface area contributed by atoms with Crippen LogP contribution in [0.25, 0.3) is 0 Å². The quantitative estimate of drug-likeness (QED) is 0.615. The second kappa shape index (κ2) is 4.31. The van der Waals surface area contributed by atoms with Gasteiger partial charge >= 0.3 is 0 Å². The van der Waals surface area contributed by atoms with Gasteiger partial charge in [-0.25, -0.2) is 4.39 Å². The molecule has 0 aliphatic heterocycles. The Morgan fingerprint density at radius 3 is 2.86 bits per heavy atom. The van der Waals surface area contributed by atoms with Gasteiger partial charge in [0.1, 0.15) is 5.82 Å². The normalized spacial score (nSPS) is 27.6. The lowest BCUT2D eigenvalue weighted by atomic mass is 9.84. The molecule has 2 atom stereocenters. The molecule has 1 saturated carbocycles. The number of alkyl halides is 1. The van der Waals surface area contributed by atoms with Gasteiger partial charge in [0.05, 0.1) is 0 Å². The Labute approximate surface area is 89.1 Å². The van der Waals surface area contributed by atoms with E-state index in [1.54, 1.807) is 12.1 Å². The van der Waals surface area contributed by atoms with Crippen LogP contribution in [-0.2, 0) is 0 Å². The Balaban J connectivity index is 2.14. The van der Waals surface area contributed by atoms with Crippen LogP contribution in [0.5, 0.6) is 0 Å². The summed E-state index contributed by atoms with van der Waals surface area (Å²) >= 11 is 6.11. The zero-order valence-corrected chi connectivity index (χ0v) is 8.80. The van der Waals surface area contributed by atoms with Crippen molar-refractivity contribution in [3.8, 4) is 0 Å². The molecule has 1 aromatic rings. The third-order valence-electron chi connectivity index (χ3n) is 2.93. The van der Waals surface area contributed by atoms with Crippen LogP contribution in [0.3, 0.4) is 0 Å². The lowest BCUT2D eigenvalue weighted by molar-refractivity contribution is 0.448. The van der Waals surface area contributed by atoms with Crippen molar-refractivity contribution in [1.82, 2.24) is 0 Å². The lowest BCUT2D eigenvalue weighted by Crippen LogP contribution is -2.13. The SMILES string of the molecule is Fc1cccc(C2CCCC(Cl)C2)c1. The molecule has 14 heavy (non-hydrogen) atoms. The Morgan fingerprint density at radius 1 is 1.29 bits per heavy atom. The summed E-state index contributed by atoms with van der Waals surface area (Å²) in [6.07, 6.45) is 4.40. The van der Waals surface area contributed by atoms with Gasteiger partial charge < -0.3 is 0 Å². The van der Waals surface area contributed by atoms with Crippen molar-refractivity contribution >= 4 is 11.6 Å². The van der Waals surface area contributed by atoms with Gasteiger partial charge in [0.2, 0.25) is 0 Å². The fourth-order valence-electron chi connectivity index (χ4n) is 2.19. The van der Waals surface area contributed by atoms with Crippen molar-refractivity contribution in [2.24, 2.45) is 0 Å². The monoisotopic (exact) mass is 212 g/mol. The molecule has 0 spiro atoms. The van der Waals surface area contributed by atoms with E-state index < -0.39 is 0 Å². The molecule has 1 fully saturated rings. The Kier molecular flexibility index (Phi) is 3.07. The fraction of sp³-hybridized carbons (Fsp3) is 0.500. The highest BCUT2D eigenvalue weighted by atomic mass is 35.5. The van der Waals surface area contributed by atoms with E-state index in [0.29, 0.717) is 5.92 Å². The summed E-state index contributed by atoms with van der Waals surface area (Å²) in [6, 6.07) is 6.91. The summed E-state index contributed by atoms with van der Waals surface area (Å²) in [6.45, 7) is 0. The molecule has 0 saturated heterocycles. The largest absolute Gasteiger partial charge is 0.207 e. The number of rotatable bonds is 1. The second-order valence-corrected chi connectivity index (χ2v) is 4.63. The first-order chi connectivity index (χ1) is 6.75. The third-order valence-corrected chi connectivity index (χ3v) is 3.33. The van der Waals surface area contributed by atoms with Crippen molar-refractivity contribution in [3.05, 3.63) is 35.6 Å². The van der Waals surface area contributed by atoms with Crippen molar-refractivity contribution in [1.29, 1.82) is 0 Å². The van der Waals surface area contributed by atoms with Crippen LogP contribution in [0.15, 0.2) is 24.3 Å². The molecule has 0 bridgehead atoms. The van der Waals surface area contributed by atoms with E-state index in [4.69, 9.17) is 11.6 Å². The van der Waals surface area contributed by atoms with E-state index in [0.717, 1.165) is 31.2 Å². The Morgan fingerprint density at radius 2 is 2.14 bits per heavy atom. The molecule has 1 aliphatic rings. The molecule has 2 rings (SSSR count). The van der Waals surface area contributed by atoms with Crippen LogP contribution in [0.2, 0.25) is 0 Å². The van der Waals surface area contributed by atoms with Gasteiger partial charge in [0.25, 0.3) is 0 Å². The zero-order chi connectivity index (χ0) is 9.97. The number of hydrogen-bond acceptors (Lipinski definition) is 0. The van der Waals surface area contributed by atoms with E-state index in [1.165, 1.54) is 6.07 Å². The number of halogens is 2. The minimum Gasteiger partial charge on any atom is -0.207 e. The average molecular weight is 213 g/mol. The molecule has 76 valence electrons. The highest BCUT2D eigenvalue weighted by Crippen LogP contribution is 2.35. The molecule has 0 amide bonds. The summed E-state index contributed by atoms with van der Waals surface area (Å²) in [7, 11) is 0. The van der Waals surface area contributed by atoms with E-state index >= 15 is 0 Å². The van der Waals surface area contributed by atoms with Gasteiger partial charge in [0.15, 0.2) is 0 Å². The molecule has 1 aromatic carbocycles. The van der Waals surface area contributed by atoms with Crippen molar-refractivity contribution in [2.45, 2.75) is 37.0 Å². The molecule has 2 heteroatoms. The highest BCUT2D eigenvalue weighted by molar-refractivity contribution is 6.20. The van der Waals surface area contributed by atoms with Gasteiger partial charge in [-0.2, -0.15) is 0 Å². The van der Waals surface area contributed by atoms with Crippen LogP contribution in [0, 0.1) is 5.82 Å². The van der Waals surface area contributed by atoms with E-state index in [1.807, 2.05) is 6.07 Å². The fourth-order valence-corrected chi connectivity index (χ4v) is 2.56. The first kappa shape index (κ1) is 9.97. The van der Waals surface area contributed by atoms with E-state index in [9.17, 15) is 4.39 Å². The van der Waals surface area contributed by atoms with Crippen LogP contribution in [0.1, 0.15) is 37.2 Å². The smallest absolute Gasteiger partial charge is 0.123 e. The van der Waals surface area contributed by atoms with Crippen molar-refractivity contribution in [3.63, 3.8) is 0 Å². The minimum atomic E-state index is -0.140. The van der Waals surface area contributed by atoms with Crippen molar-refractivity contribution < 1.29 is 4.39 Å². The molecule has 0 N–H and O–H groups in total. The van der Waals surface area contributed by atoms with E-state index in [-0.39, 0.29) is 11.2 Å². The minimum absolute atomic E-state index is 0.140. The summed E-state index contributed by atoms with van der Waals surface area (Å²) in [5.41, 5.74) is 1.11. The number of hydrogen-bond donors (Lipinski definition) is 0. The van der Waals surface area contributed by atoms with Crippen LogP contribution in [-0.4, -0.2) is 5.38 Å². The average Bonchev–Trinajstić information content (AvgIpc) is 2.18. The predicted molar refractivity (Wildman–Crippen MR) is 57.3 cm³/mol. The molecule has 2 unspecified atom stereocenters. The summed E-state index contributed by atoms with van der Waals surface area (Å²) in [4.78, 5) is 0. The van der Waals surface area contributed by atoms with Crippen LogP contribution in [0.4, 0.5) is 4.39 Å². The molecule has 0 heterocycles. The maximum atomic E-state index is 13.0. The molecule has 0 radical (unpaired) electrons. The van der Waals surface area contributed by atoms with Gasteiger partial charge in [-0.15, -0.1) is 11.6 Å². The standard InChI is InChI=1S/C12H14ClF/c13-11-5-1-3-9(7-11)10-4-2-6-12(14)8-10/h2,4,6,8-9,11H,1,3,5,7H2. The topological polar surface area (TPSA) is 0 Å². The summed E-state index contributed by atoms with van der Waals surface area (Å²) < 4.78 is 13.0. The molecule has 1 aliphatic carbocycles. The maximum Gasteiger partial charge on any atom is 0.123 e. The third kappa shape index (κ3) is 2.27. The molecular formula is C12H14ClF. The molecular weight excluding hydrogens is 199 g/mol. The van der Waals surface area contributed by atoms with Crippen LogP contribution >= 0.6 is 11.6 Å². The predicted octanol–water partition coefficient (Wildman–Crippen LogP) is 4.09. The van der Waals surface area contributed by atoms with Gasteiger partial charge in [-0.1, -0.05) is 18.6 Å². The van der Waals surface area contributed by atoms with E-state index in [2.05, 4.69) is 0 Å². The van der Waals surface area contributed by atoms with Gasteiger partial charge in [-0.05, 0) is 42.9 Å². The Bertz CT molecular complexity index is 311. The molecule has 0 aromatic heterocycles. The molecule has 0 nitrogen and oxygen atoms in total. The highest BCUT2D eigenvalue weighted by Gasteiger charge is 2.21. The lowest BCUT2D eigenvalue weighted by Gasteiger charge is -2.25. The summed E-state index contributed by atoms with van der Waals surface area (Å²) in [5, 5.41) is 0.275. The van der Waals surface area contributed by atoms with Crippen molar-refractivity contribution in [2.75, 3.05) is 0 Å². The maximum absolute atomic E-state index is 13.0. The van der Waals surface area contributed by atoms with Crippen LogP contribution < -0.4 is 0 Å². The first-order valence-electron chi connectivity index (χ1n) is 5.15.